The van der Waals surface area contributed by atoms with Crippen LogP contribution in [0.2, 0.25) is 0 Å². The van der Waals surface area contributed by atoms with Gasteiger partial charge in [0.15, 0.2) is 0 Å². The van der Waals surface area contributed by atoms with E-state index in [1.807, 2.05) is 0 Å². The summed E-state index contributed by atoms with van der Waals surface area (Å²) in [5, 5.41) is 2.65. The molecule has 0 radical (unpaired) electrons. The first-order chi connectivity index (χ1) is 7.86. The molecule has 1 aromatic rings. The number of aromatic nitrogens is 1. The molecule has 0 aliphatic heterocycles. The number of anilines is 1. The predicted molar refractivity (Wildman–Crippen MR) is 65.9 cm³/mol. The minimum absolute atomic E-state index is 0.0596. The number of pyridine rings is 1. The van der Waals surface area contributed by atoms with Gasteiger partial charge in [-0.15, -0.1) is 0 Å². The zero-order valence-corrected chi connectivity index (χ0v) is 11.3. The van der Waals surface area contributed by atoms with Crippen LogP contribution in [0.4, 0.5) is 5.82 Å². The van der Waals surface area contributed by atoms with Gasteiger partial charge in [-0.05, 0) is 22.0 Å². The number of carbonyl (C=O) groups excluding carboxylic acids is 1. The highest BCUT2D eigenvalue weighted by Gasteiger charge is 2.20. The van der Waals surface area contributed by atoms with Crippen molar-refractivity contribution in [3.63, 3.8) is 0 Å². The Balaban J connectivity index is 3.13. The molecule has 1 amide bonds. The van der Waals surface area contributed by atoms with Gasteiger partial charge in [0.25, 0.3) is 0 Å². The van der Waals surface area contributed by atoms with Gasteiger partial charge in [-0.2, -0.15) is 0 Å². The fourth-order valence-corrected chi connectivity index (χ4v) is 2.72. The average molecular weight is 323 g/mol. The smallest absolute Gasteiger partial charge is 0.244 e. The molecule has 17 heavy (non-hydrogen) atoms. The van der Waals surface area contributed by atoms with Crippen LogP contribution in [0.1, 0.15) is 0 Å². The van der Waals surface area contributed by atoms with Crippen LogP contribution in [0, 0.1) is 0 Å². The van der Waals surface area contributed by atoms with Gasteiger partial charge in [0.2, 0.25) is 15.9 Å². The first kappa shape index (κ1) is 13.9. The number of nitrogens with two attached hydrogens (primary N) is 1. The molecule has 9 heteroatoms. The van der Waals surface area contributed by atoms with Gasteiger partial charge in [0, 0.05) is 17.7 Å². The lowest BCUT2D eigenvalue weighted by Crippen LogP contribution is -2.33. The van der Waals surface area contributed by atoms with E-state index in [1.165, 1.54) is 12.3 Å². The molecule has 0 bridgehead atoms. The predicted octanol–water partition coefficient (Wildman–Crippen LogP) is -0.351. The van der Waals surface area contributed by atoms with E-state index in [9.17, 15) is 13.2 Å². The van der Waals surface area contributed by atoms with E-state index in [0.29, 0.717) is 4.47 Å². The third kappa shape index (κ3) is 3.65. The zero-order chi connectivity index (χ0) is 13.1. The van der Waals surface area contributed by atoms with E-state index in [2.05, 4.69) is 31.0 Å². The Morgan fingerprint density at radius 3 is 2.76 bits per heavy atom. The second-order valence-corrected chi connectivity index (χ2v) is 5.69. The highest BCUT2D eigenvalue weighted by atomic mass is 79.9. The third-order valence-electron chi connectivity index (χ3n) is 1.78. The molecule has 7 nitrogen and oxygen atoms in total. The summed E-state index contributed by atoms with van der Waals surface area (Å²) in [6.45, 7) is -0.460. The molecule has 0 aromatic carbocycles. The lowest BCUT2D eigenvalue weighted by atomic mass is 10.4. The molecule has 0 spiro atoms. The van der Waals surface area contributed by atoms with Gasteiger partial charge in [0.05, 0.1) is 6.54 Å². The van der Waals surface area contributed by atoms with Crippen LogP contribution in [0.25, 0.3) is 0 Å². The minimum atomic E-state index is -3.83. The van der Waals surface area contributed by atoms with Crippen LogP contribution in [-0.4, -0.2) is 32.9 Å². The van der Waals surface area contributed by atoms with Crippen LogP contribution < -0.4 is 15.8 Å². The molecule has 4 N–H and O–H groups in total. The summed E-state index contributed by atoms with van der Waals surface area (Å²) in [6.07, 6.45) is 1.46. The van der Waals surface area contributed by atoms with Crippen LogP contribution in [0.15, 0.2) is 21.6 Å². The lowest BCUT2D eigenvalue weighted by molar-refractivity contribution is -0.116. The first-order valence-corrected chi connectivity index (χ1v) is 6.75. The fraction of sp³-hybridized carbons (Fsp3) is 0.250. The van der Waals surface area contributed by atoms with Gasteiger partial charge >= 0.3 is 0 Å². The van der Waals surface area contributed by atoms with Crippen molar-refractivity contribution in [1.29, 1.82) is 0 Å². The summed E-state index contributed by atoms with van der Waals surface area (Å²) >= 11 is 3.12. The van der Waals surface area contributed by atoms with Crippen LogP contribution >= 0.6 is 15.9 Å². The normalized spacial score (nSPS) is 11.2. The highest BCUT2D eigenvalue weighted by Crippen LogP contribution is 2.22. The van der Waals surface area contributed by atoms with Gasteiger partial charge in [-0.25, -0.2) is 18.1 Å². The topological polar surface area (TPSA) is 114 Å². The first-order valence-electron chi connectivity index (χ1n) is 4.48. The van der Waals surface area contributed by atoms with Crippen molar-refractivity contribution in [3.05, 3.63) is 16.7 Å². The fourth-order valence-electron chi connectivity index (χ4n) is 1.06. The van der Waals surface area contributed by atoms with E-state index < -0.39 is 22.5 Å². The van der Waals surface area contributed by atoms with E-state index in [1.54, 1.807) is 7.05 Å². The second kappa shape index (κ2) is 5.43. The van der Waals surface area contributed by atoms with Crippen LogP contribution in [0.3, 0.4) is 0 Å². The Kier molecular flexibility index (Phi) is 4.43. The minimum Gasteiger partial charge on any atom is -0.372 e. The zero-order valence-electron chi connectivity index (χ0n) is 8.90. The number of carbonyl (C=O) groups is 1. The number of rotatable bonds is 5. The Morgan fingerprint density at radius 1 is 1.59 bits per heavy atom. The lowest BCUT2D eigenvalue weighted by Gasteiger charge is -2.09. The van der Waals surface area contributed by atoms with E-state index in [-0.39, 0.29) is 10.7 Å². The van der Waals surface area contributed by atoms with Crippen LogP contribution in [0.5, 0.6) is 0 Å². The van der Waals surface area contributed by atoms with E-state index >= 15 is 0 Å². The van der Waals surface area contributed by atoms with Crippen LogP contribution in [-0.2, 0) is 14.8 Å². The number of nitrogens with zero attached hydrogens (tertiary/aromatic N) is 1. The van der Waals surface area contributed by atoms with Crippen molar-refractivity contribution in [1.82, 2.24) is 9.71 Å². The molecule has 94 valence electrons. The maximum atomic E-state index is 11.8. The molecule has 0 aliphatic carbocycles. The summed E-state index contributed by atoms with van der Waals surface area (Å²) in [4.78, 5) is 14.4. The van der Waals surface area contributed by atoms with Crippen molar-refractivity contribution in [2.24, 2.45) is 5.73 Å². The second-order valence-electron chi connectivity index (χ2n) is 3.04. The van der Waals surface area contributed by atoms with Gasteiger partial charge in [-0.1, -0.05) is 0 Å². The Morgan fingerprint density at radius 2 is 2.24 bits per heavy atom. The van der Waals surface area contributed by atoms with Crippen molar-refractivity contribution < 1.29 is 13.2 Å². The van der Waals surface area contributed by atoms with Gasteiger partial charge in [0.1, 0.15) is 10.7 Å². The molecule has 0 aliphatic rings. The standard InChI is InChI=1S/C8H11BrN4O3S/c1-11-8-6(2-5(9)3-12-8)17(15,16)13-4-7(10)14/h2-3,13H,4H2,1H3,(H2,10,14)(H,11,12). The molecule has 0 saturated heterocycles. The molecule has 0 unspecified atom stereocenters. The Labute approximate surface area is 107 Å². The summed E-state index contributed by atoms with van der Waals surface area (Å²) in [6, 6.07) is 1.38. The number of nitrogens with one attached hydrogen (secondary N) is 2. The molecule has 1 heterocycles. The molecule has 0 fully saturated rings. The maximum absolute atomic E-state index is 11.8. The monoisotopic (exact) mass is 322 g/mol. The quantitative estimate of drug-likeness (QED) is 0.685. The number of hydrogen-bond donors (Lipinski definition) is 3. The average Bonchev–Trinajstić information content (AvgIpc) is 2.26. The molecular weight excluding hydrogens is 312 g/mol. The number of amides is 1. The summed E-state index contributed by atoms with van der Waals surface area (Å²) in [7, 11) is -2.28. The maximum Gasteiger partial charge on any atom is 0.244 e. The number of primary amides is 1. The third-order valence-corrected chi connectivity index (χ3v) is 3.63. The number of sulfonamides is 1. The summed E-state index contributed by atoms with van der Waals surface area (Å²) in [5.41, 5.74) is 4.87. The molecule has 1 rings (SSSR count). The van der Waals surface area contributed by atoms with E-state index in [4.69, 9.17) is 5.73 Å². The van der Waals surface area contributed by atoms with Crippen molar-refractivity contribution in [2.75, 3.05) is 18.9 Å². The SMILES string of the molecule is CNc1ncc(Br)cc1S(=O)(=O)NCC(N)=O. The van der Waals surface area contributed by atoms with Crippen molar-refractivity contribution >= 4 is 37.7 Å². The summed E-state index contributed by atoms with van der Waals surface area (Å²) < 4.78 is 26.3. The molecule has 0 saturated carbocycles. The largest absolute Gasteiger partial charge is 0.372 e. The highest BCUT2D eigenvalue weighted by molar-refractivity contribution is 9.10. The molecule has 1 aromatic heterocycles. The number of hydrogen-bond acceptors (Lipinski definition) is 5. The van der Waals surface area contributed by atoms with Crippen molar-refractivity contribution in [2.45, 2.75) is 4.90 Å². The Bertz CT molecular complexity index is 532. The van der Waals surface area contributed by atoms with E-state index in [0.717, 1.165) is 0 Å². The number of halogens is 1. The molecular formula is C8H11BrN4O3S. The van der Waals surface area contributed by atoms with Gasteiger partial charge < -0.3 is 11.1 Å². The van der Waals surface area contributed by atoms with Gasteiger partial charge in [-0.3, -0.25) is 4.79 Å². The van der Waals surface area contributed by atoms with Crippen molar-refractivity contribution in [3.8, 4) is 0 Å². The summed E-state index contributed by atoms with van der Waals surface area (Å²) in [5.74, 6) is -0.576. The molecule has 0 atom stereocenters. The Hall–Kier alpha value is -1.19.